The molecule has 6 nitrogen and oxygen atoms in total. The molecule has 3 N–H and O–H groups in total. The second kappa shape index (κ2) is 16.9. The van der Waals surface area contributed by atoms with E-state index in [4.69, 9.17) is 0 Å². The largest absolute Gasteiger partial charge is 0.372 e. The van der Waals surface area contributed by atoms with E-state index in [0.717, 1.165) is 36.0 Å². The maximum atomic E-state index is 13.1. The molecule has 1 aromatic carbocycles. The number of hydrogen-bond donors (Lipinski definition) is 3. The summed E-state index contributed by atoms with van der Waals surface area (Å²) in [5.41, 5.74) is 4.51. The molecule has 208 valence electrons. The lowest BCUT2D eigenvalue weighted by atomic mass is 10.00. The quantitative estimate of drug-likeness (QED) is 0.202. The summed E-state index contributed by atoms with van der Waals surface area (Å²) in [6.07, 6.45) is 28.3. The van der Waals surface area contributed by atoms with Crippen molar-refractivity contribution in [2.75, 3.05) is 13.6 Å². The van der Waals surface area contributed by atoms with Crippen molar-refractivity contribution in [1.82, 2.24) is 20.9 Å². The molecule has 0 aromatic heterocycles. The van der Waals surface area contributed by atoms with Gasteiger partial charge in [-0.3, -0.25) is 14.9 Å². The summed E-state index contributed by atoms with van der Waals surface area (Å²) in [5.74, 6) is -0.106. The first kappa shape index (κ1) is 31.4. The summed E-state index contributed by atoms with van der Waals surface area (Å²) >= 11 is 0. The Labute approximate surface area is 235 Å². The number of likely N-dealkylation sites (N-methyl/N-ethyl adjacent to an activating group) is 1. The minimum absolute atomic E-state index is 0.0128. The summed E-state index contributed by atoms with van der Waals surface area (Å²) in [4.78, 5) is 27.6. The van der Waals surface area contributed by atoms with Gasteiger partial charge in [0.05, 0.1) is 12.2 Å². The molecule has 2 amide bonds. The standard InChI is InChI=1S/C31H42N4O2.C2H2/c1-5-7-16-24(25-17-12-11-15-23(25)3)22-32-31(37)28(6-2)35(4)30(36)21-14-13-20-29-33-26-18-9-8-10-19-27(26)34-29;1-2/h5,7-12,15-19,26,28-29,33-34H,6,13-14,20-22H2,1-4H3,(H,32,37);1-2H/b7-5-,24-16+;/t26?,28-,29?;/m0./s1. The number of hydrogen-bond acceptors (Lipinski definition) is 4. The highest BCUT2D eigenvalue weighted by molar-refractivity contribution is 5.88. The third kappa shape index (κ3) is 9.46. The van der Waals surface area contributed by atoms with Gasteiger partial charge in [-0.05, 0) is 62.3 Å². The third-order valence-electron chi connectivity index (χ3n) is 6.98. The molecule has 2 unspecified atom stereocenters. The van der Waals surface area contributed by atoms with E-state index < -0.39 is 6.04 Å². The highest BCUT2D eigenvalue weighted by Crippen LogP contribution is 2.19. The first-order valence-electron chi connectivity index (χ1n) is 13.8. The number of nitrogens with one attached hydrogen (secondary N) is 3. The lowest BCUT2D eigenvalue weighted by molar-refractivity contribution is -0.139. The summed E-state index contributed by atoms with van der Waals surface area (Å²) in [6, 6.07) is 7.91. The maximum absolute atomic E-state index is 13.1. The normalized spacial score (nSPS) is 18.7. The van der Waals surface area contributed by atoms with Gasteiger partial charge in [0.2, 0.25) is 11.8 Å². The summed E-state index contributed by atoms with van der Waals surface area (Å²) in [7, 11) is 1.74. The van der Waals surface area contributed by atoms with Gasteiger partial charge in [-0.1, -0.05) is 73.7 Å². The predicted molar refractivity (Wildman–Crippen MR) is 162 cm³/mol. The van der Waals surface area contributed by atoms with Crippen molar-refractivity contribution in [2.45, 2.75) is 71.1 Å². The van der Waals surface area contributed by atoms with Gasteiger partial charge in [0.15, 0.2) is 0 Å². The molecular weight excluding hydrogens is 484 g/mol. The summed E-state index contributed by atoms with van der Waals surface area (Å²) < 4.78 is 0. The number of unbranched alkanes of at least 4 members (excludes halogenated alkanes) is 1. The fraction of sp³-hybridized carbons (Fsp3) is 0.394. The minimum Gasteiger partial charge on any atom is -0.372 e. The zero-order valence-electron chi connectivity index (χ0n) is 23.8. The van der Waals surface area contributed by atoms with Gasteiger partial charge in [-0.15, -0.1) is 12.8 Å². The Balaban J connectivity index is 0.00000260. The van der Waals surface area contributed by atoms with Gasteiger partial charge in [0.1, 0.15) is 6.04 Å². The van der Waals surface area contributed by atoms with E-state index in [9.17, 15) is 9.59 Å². The average molecular weight is 529 g/mol. The van der Waals surface area contributed by atoms with Crippen LogP contribution in [0.2, 0.25) is 0 Å². The van der Waals surface area contributed by atoms with E-state index in [0.29, 0.717) is 19.4 Å². The molecule has 1 aromatic rings. The molecule has 1 heterocycles. The number of terminal acetylenes is 1. The zero-order chi connectivity index (χ0) is 28.6. The van der Waals surface area contributed by atoms with Crippen molar-refractivity contribution in [1.29, 1.82) is 0 Å². The van der Waals surface area contributed by atoms with E-state index >= 15 is 0 Å². The highest BCUT2D eigenvalue weighted by atomic mass is 16.2. The van der Waals surface area contributed by atoms with E-state index in [1.165, 1.54) is 5.70 Å². The Bertz CT molecular complexity index is 1130. The van der Waals surface area contributed by atoms with Gasteiger partial charge >= 0.3 is 0 Å². The number of aryl methyl sites for hydroxylation is 1. The van der Waals surface area contributed by atoms with Gasteiger partial charge in [-0.2, -0.15) is 0 Å². The smallest absolute Gasteiger partial charge is 0.243 e. The van der Waals surface area contributed by atoms with Crippen LogP contribution in [0.4, 0.5) is 0 Å². The van der Waals surface area contributed by atoms with Crippen molar-refractivity contribution in [3.8, 4) is 12.8 Å². The van der Waals surface area contributed by atoms with Crippen LogP contribution in [-0.4, -0.2) is 48.6 Å². The molecule has 2 aliphatic rings. The number of fused-ring (bicyclic) bond motifs is 1. The summed E-state index contributed by atoms with van der Waals surface area (Å²) in [5, 5.41) is 10.2. The van der Waals surface area contributed by atoms with Crippen molar-refractivity contribution >= 4 is 17.4 Å². The van der Waals surface area contributed by atoms with Gasteiger partial charge in [-0.25, -0.2) is 0 Å². The Kier molecular flexibility index (Phi) is 13.6. The van der Waals surface area contributed by atoms with Crippen LogP contribution < -0.4 is 16.0 Å². The summed E-state index contributed by atoms with van der Waals surface area (Å²) in [6.45, 7) is 6.40. The van der Waals surface area contributed by atoms with Crippen LogP contribution in [0.25, 0.3) is 5.57 Å². The highest BCUT2D eigenvalue weighted by Gasteiger charge is 2.27. The Hall–Kier alpha value is -3.82. The molecule has 39 heavy (non-hydrogen) atoms. The van der Waals surface area contributed by atoms with Gasteiger partial charge in [0, 0.05) is 25.7 Å². The first-order chi connectivity index (χ1) is 18.9. The second-order valence-electron chi connectivity index (χ2n) is 9.66. The van der Waals surface area contributed by atoms with Crippen LogP contribution in [0.5, 0.6) is 0 Å². The van der Waals surface area contributed by atoms with Gasteiger partial charge in [0.25, 0.3) is 0 Å². The topological polar surface area (TPSA) is 73.5 Å². The molecule has 1 fully saturated rings. The predicted octanol–water partition coefficient (Wildman–Crippen LogP) is 5.01. The molecule has 0 bridgehead atoms. The fourth-order valence-electron chi connectivity index (χ4n) is 4.80. The Morgan fingerprint density at radius 1 is 1.15 bits per heavy atom. The van der Waals surface area contributed by atoms with Crippen LogP contribution in [0.1, 0.15) is 57.1 Å². The lowest BCUT2D eigenvalue weighted by Gasteiger charge is -2.27. The van der Waals surface area contributed by atoms with Crippen LogP contribution >= 0.6 is 0 Å². The van der Waals surface area contributed by atoms with E-state index in [-0.39, 0.29) is 24.0 Å². The number of amides is 2. The molecule has 1 aliphatic heterocycles. The average Bonchev–Trinajstić information content (AvgIpc) is 3.21. The van der Waals surface area contributed by atoms with Crippen LogP contribution in [0.15, 0.2) is 78.6 Å². The van der Waals surface area contributed by atoms with Crippen molar-refractivity contribution < 1.29 is 9.59 Å². The van der Waals surface area contributed by atoms with Crippen LogP contribution in [0, 0.1) is 19.8 Å². The van der Waals surface area contributed by atoms with E-state index in [1.807, 2.05) is 56.4 Å². The molecule has 1 aliphatic carbocycles. The zero-order valence-corrected chi connectivity index (χ0v) is 23.8. The number of nitrogens with zero attached hydrogens (tertiary/aromatic N) is 1. The molecule has 1 saturated heterocycles. The van der Waals surface area contributed by atoms with Crippen molar-refractivity contribution in [2.24, 2.45) is 0 Å². The number of carbonyl (C=O) groups excluding carboxylic acids is 2. The van der Waals surface area contributed by atoms with Crippen LogP contribution in [0.3, 0.4) is 0 Å². The molecule has 3 rings (SSSR count). The first-order valence-corrected chi connectivity index (χ1v) is 13.8. The van der Waals surface area contributed by atoms with E-state index in [1.54, 1.807) is 11.9 Å². The van der Waals surface area contributed by atoms with E-state index in [2.05, 4.69) is 66.1 Å². The molecule has 6 heteroatoms. The molecule has 3 atom stereocenters. The maximum Gasteiger partial charge on any atom is 0.243 e. The monoisotopic (exact) mass is 528 g/mol. The number of benzene rings is 1. The number of carbonyl (C=O) groups is 2. The molecule has 0 radical (unpaired) electrons. The Morgan fingerprint density at radius 2 is 1.92 bits per heavy atom. The molecule has 0 spiro atoms. The Morgan fingerprint density at radius 3 is 2.64 bits per heavy atom. The van der Waals surface area contributed by atoms with Gasteiger partial charge < -0.3 is 15.5 Å². The van der Waals surface area contributed by atoms with Crippen molar-refractivity contribution in [3.63, 3.8) is 0 Å². The second-order valence-corrected chi connectivity index (χ2v) is 9.66. The third-order valence-corrected chi connectivity index (χ3v) is 6.98. The molecule has 0 saturated carbocycles. The molecular formula is C33H44N4O2. The number of rotatable bonds is 12. The van der Waals surface area contributed by atoms with Crippen molar-refractivity contribution in [3.05, 3.63) is 89.7 Å². The number of allylic oxidation sites excluding steroid dienone is 7. The fourth-order valence-corrected chi connectivity index (χ4v) is 4.80. The lowest BCUT2D eigenvalue weighted by Crippen LogP contribution is -2.47. The SMILES string of the molecule is C#C.C/C=C\C=C(/CNC(=O)[C@H](CC)N(C)C(=O)CCCCC1NC2=CC=CC=CC2N1)c1ccccc1C. The van der Waals surface area contributed by atoms with Crippen LogP contribution in [-0.2, 0) is 9.59 Å². The minimum atomic E-state index is -0.482.